The fraction of sp³-hybridized carbons (Fsp3) is 0.538. The van der Waals surface area contributed by atoms with Crippen molar-refractivity contribution >= 4 is 27.7 Å². The van der Waals surface area contributed by atoms with Crippen molar-refractivity contribution in [2.24, 2.45) is 0 Å². The van der Waals surface area contributed by atoms with Gasteiger partial charge >= 0.3 is 0 Å². The van der Waals surface area contributed by atoms with E-state index in [4.69, 9.17) is 0 Å². The fourth-order valence-corrected chi connectivity index (χ4v) is 3.99. The lowest BCUT2D eigenvalue weighted by atomic mass is 10.1. The monoisotopic (exact) mass is 299 g/mol. The van der Waals surface area contributed by atoms with E-state index in [0.29, 0.717) is 12.1 Å². The highest BCUT2D eigenvalue weighted by atomic mass is 79.9. The highest BCUT2D eigenvalue weighted by Gasteiger charge is 2.23. The Balaban J connectivity index is 1.98. The van der Waals surface area contributed by atoms with Gasteiger partial charge in [0, 0.05) is 27.6 Å². The summed E-state index contributed by atoms with van der Waals surface area (Å²) < 4.78 is 1.20. The third-order valence-corrected chi connectivity index (χ3v) is 5.13. The van der Waals surface area contributed by atoms with E-state index in [2.05, 4.69) is 71.1 Å². The zero-order valence-corrected chi connectivity index (χ0v) is 12.1. The summed E-state index contributed by atoms with van der Waals surface area (Å²) in [5.41, 5.74) is 1.35. The van der Waals surface area contributed by atoms with Gasteiger partial charge in [0.1, 0.15) is 0 Å². The normalized spacial score (nSPS) is 26.9. The lowest BCUT2D eigenvalue weighted by Gasteiger charge is -2.20. The minimum absolute atomic E-state index is 0.423. The molecule has 0 radical (unpaired) electrons. The van der Waals surface area contributed by atoms with Gasteiger partial charge in [-0.05, 0) is 25.0 Å². The molecule has 1 fully saturated rings. The Morgan fingerprint density at radius 3 is 2.81 bits per heavy atom. The highest BCUT2D eigenvalue weighted by Crippen LogP contribution is 2.29. The smallest absolute Gasteiger partial charge is 0.0305 e. The van der Waals surface area contributed by atoms with E-state index in [1.165, 1.54) is 22.2 Å². The molecule has 0 bridgehead atoms. The molecule has 88 valence electrons. The Morgan fingerprint density at radius 2 is 2.19 bits per heavy atom. The third-order valence-electron chi connectivity index (χ3n) is 3.06. The molecule has 2 unspecified atom stereocenters. The first-order valence-corrected chi connectivity index (χ1v) is 7.63. The molecule has 1 aromatic rings. The summed E-state index contributed by atoms with van der Waals surface area (Å²) >= 11 is 5.69. The van der Waals surface area contributed by atoms with Gasteiger partial charge in [0.15, 0.2) is 0 Å². The van der Waals surface area contributed by atoms with E-state index in [-0.39, 0.29) is 0 Å². The van der Waals surface area contributed by atoms with Crippen molar-refractivity contribution in [1.82, 2.24) is 5.32 Å². The van der Waals surface area contributed by atoms with Crippen LogP contribution >= 0.6 is 27.7 Å². The molecule has 1 nitrogen and oxygen atoms in total. The summed E-state index contributed by atoms with van der Waals surface area (Å²) in [4.78, 5) is 0. The predicted molar refractivity (Wildman–Crippen MR) is 76.0 cm³/mol. The molecule has 0 saturated carbocycles. The SMILES string of the molecule is CC1CC(N[C@H](C)c2ccccc2Br)CS1. The summed E-state index contributed by atoms with van der Waals surface area (Å²) in [7, 11) is 0. The van der Waals surface area contributed by atoms with E-state index < -0.39 is 0 Å². The molecule has 0 aromatic heterocycles. The molecule has 16 heavy (non-hydrogen) atoms. The number of benzene rings is 1. The van der Waals surface area contributed by atoms with Crippen LogP contribution in [-0.4, -0.2) is 17.0 Å². The summed E-state index contributed by atoms with van der Waals surface area (Å²) in [6.45, 7) is 4.56. The lowest BCUT2D eigenvalue weighted by Crippen LogP contribution is -2.31. The molecular formula is C13H18BrNS. The van der Waals surface area contributed by atoms with Crippen LogP contribution in [0.2, 0.25) is 0 Å². The van der Waals surface area contributed by atoms with Gasteiger partial charge in [-0.1, -0.05) is 41.1 Å². The number of hydrogen-bond acceptors (Lipinski definition) is 2. The molecule has 1 heterocycles. The number of nitrogens with one attached hydrogen (secondary N) is 1. The summed E-state index contributed by atoms with van der Waals surface area (Å²) in [6, 6.07) is 9.55. The topological polar surface area (TPSA) is 12.0 Å². The van der Waals surface area contributed by atoms with Gasteiger partial charge in [0.25, 0.3) is 0 Å². The van der Waals surface area contributed by atoms with E-state index >= 15 is 0 Å². The molecule has 1 aromatic carbocycles. The first-order valence-electron chi connectivity index (χ1n) is 5.79. The van der Waals surface area contributed by atoms with Gasteiger partial charge in [-0.3, -0.25) is 0 Å². The minimum atomic E-state index is 0.423. The van der Waals surface area contributed by atoms with Gasteiger partial charge in [-0.25, -0.2) is 0 Å². The Hall–Kier alpha value is 0.01000. The molecule has 1 saturated heterocycles. The van der Waals surface area contributed by atoms with E-state index in [1.807, 2.05) is 0 Å². The van der Waals surface area contributed by atoms with Gasteiger partial charge in [0.2, 0.25) is 0 Å². The van der Waals surface area contributed by atoms with E-state index in [1.54, 1.807) is 0 Å². The number of rotatable bonds is 3. The molecule has 1 aliphatic rings. The van der Waals surface area contributed by atoms with Crippen LogP contribution in [0.4, 0.5) is 0 Å². The second kappa shape index (κ2) is 5.56. The van der Waals surface area contributed by atoms with Crippen molar-refractivity contribution in [3.8, 4) is 0 Å². The Labute approximate surface area is 111 Å². The lowest BCUT2D eigenvalue weighted by molar-refractivity contribution is 0.473. The second-order valence-electron chi connectivity index (χ2n) is 4.49. The molecule has 2 rings (SSSR count). The van der Waals surface area contributed by atoms with E-state index in [9.17, 15) is 0 Å². The van der Waals surface area contributed by atoms with Crippen LogP contribution in [0.5, 0.6) is 0 Å². The molecule has 0 amide bonds. The van der Waals surface area contributed by atoms with Crippen molar-refractivity contribution in [3.05, 3.63) is 34.3 Å². The van der Waals surface area contributed by atoms with Crippen LogP contribution in [0.15, 0.2) is 28.7 Å². The zero-order chi connectivity index (χ0) is 11.5. The van der Waals surface area contributed by atoms with Crippen LogP contribution in [-0.2, 0) is 0 Å². The molecule has 0 spiro atoms. The molecule has 1 N–H and O–H groups in total. The maximum atomic E-state index is 3.72. The van der Waals surface area contributed by atoms with Crippen LogP contribution in [0.3, 0.4) is 0 Å². The Kier molecular flexibility index (Phi) is 4.34. The van der Waals surface area contributed by atoms with Crippen LogP contribution in [0.1, 0.15) is 31.9 Å². The largest absolute Gasteiger partial charge is 0.307 e. The standard InChI is InChI=1S/C13H18BrNS/c1-9-7-11(8-16-9)15-10(2)12-5-3-4-6-13(12)14/h3-6,9-11,15H,7-8H2,1-2H3/t9?,10-,11?/m1/s1. The Morgan fingerprint density at radius 1 is 1.44 bits per heavy atom. The van der Waals surface area contributed by atoms with Gasteiger partial charge in [-0.15, -0.1) is 0 Å². The maximum Gasteiger partial charge on any atom is 0.0305 e. The van der Waals surface area contributed by atoms with E-state index in [0.717, 1.165) is 5.25 Å². The summed E-state index contributed by atoms with van der Waals surface area (Å²) in [6.07, 6.45) is 1.29. The minimum Gasteiger partial charge on any atom is -0.307 e. The van der Waals surface area contributed by atoms with Crippen molar-refractivity contribution in [1.29, 1.82) is 0 Å². The Bertz CT molecular complexity index is 356. The highest BCUT2D eigenvalue weighted by molar-refractivity contribution is 9.10. The van der Waals surface area contributed by atoms with Gasteiger partial charge in [0.05, 0.1) is 0 Å². The predicted octanol–water partition coefficient (Wildman–Crippen LogP) is 3.99. The average molecular weight is 300 g/mol. The molecule has 3 atom stereocenters. The maximum absolute atomic E-state index is 3.72. The second-order valence-corrected chi connectivity index (χ2v) is 6.81. The number of halogens is 1. The fourth-order valence-electron chi connectivity index (χ4n) is 2.20. The van der Waals surface area contributed by atoms with Gasteiger partial charge in [-0.2, -0.15) is 11.8 Å². The van der Waals surface area contributed by atoms with Crippen molar-refractivity contribution in [2.45, 2.75) is 37.6 Å². The average Bonchev–Trinajstić information content (AvgIpc) is 2.64. The van der Waals surface area contributed by atoms with Crippen LogP contribution in [0.25, 0.3) is 0 Å². The molecule has 3 heteroatoms. The van der Waals surface area contributed by atoms with Gasteiger partial charge < -0.3 is 5.32 Å². The third kappa shape index (κ3) is 3.02. The summed E-state index contributed by atoms with van der Waals surface area (Å²) in [5.74, 6) is 1.25. The number of thioether (sulfide) groups is 1. The van der Waals surface area contributed by atoms with Crippen molar-refractivity contribution in [2.75, 3.05) is 5.75 Å². The zero-order valence-electron chi connectivity index (χ0n) is 9.74. The first kappa shape index (κ1) is 12.5. The molecule has 0 aliphatic carbocycles. The van der Waals surface area contributed by atoms with Crippen LogP contribution in [0, 0.1) is 0 Å². The molecular weight excluding hydrogens is 282 g/mol. The van der Waals surface area contributed by atoms with Crippen molar-refractivity contribution in [3.63, 3.8) is 0 Å². The number of hydrogen-bond donors (Lipinski definition) is 1. The van der Waals surface area contributed by atoms with Crippen LogP contribution < -0.4 is 5.32 Å². The summed E-state index contributed by atoms with van der Waals surface area (Å²) in [5, 5.41) is 4.52. The quantitative estimate of drug-likeness (QED) is 0.905. The van der Waals surface area contributed by atoms with Crippen molar-refractivity contribution < 1.29 is 0 Å². The first-order chi connectivity index (χ1) is 7.66. The molecule has 1 aliphatic heterocycles.